The average Bonchev–Trinajstić information content (AvgIpc) is 3.52. The first-order chi connectivity index (χ1) is 18.4. The topological polar surface area (TPSA) is 134 Å². The first-order valence-electron chi connectivity index (χ1n) is 13.2. The van der Waals surface area contributed by atoms with Crippen molar-refractivity contribution in [3.8, 4) is 11.1 Å². The van der Waals surface area contributed by atoms with Crippen LogP contribution >= 0.6 is 0 Å². The van der Waals surface area contributed by atoms with E-state index in [1.807, 2.05) is 65.2 Å². The lowest BCUT2D eigenvalue weighted by atomic mass is 9.79. The molecule has 2 aliphatic rings. The summed E-state index contributed by atoms with van der Waals surface area (Å²) in [6.45, 7) is 8.46. The molecule has 0 unspecified atom stereocenters. The van der Waals surface area contributed by atoms with Crippen LogP contribution in [-0.4, -0.2) is 62.3 Å². The molecule has 1 aliphatic heterocycles. The van der Waals surface area contributed by atoms with Gasteiger partial charge in [-0.15, -0.1) is 0 Å². The summed E-state index contributed by atoms with van der Waals surface area (Å²) in [5, 5.41) is 17.5. The minimum Gasteiger partial charge on any atom is -0.399 e. The van der Waals surface area contributed by atoms with Crippen LogP contribution in [0.2, 0.25) is 0 Å². The standard InChI is InChI=1S/C28H36BN5O5/c1-27(2)28(3,4)39-29(38-27)20-8-6-17(7-9-20)16-37-24-12-21(35)11-23(24)33-26(36)22-10-18(13-31-25(22)30)19-14-32-34(5)15-19/h6-10,13-15,21,23-24,35H,11-12,16H2,1-5H3,(H2,30,31)(H,33,36)/t21-,23-,24-/m0/s1. The number of aromatic nitrogens is 3. The largest absolute Gasteiger partial charge is 0.494 e. The summed E-state index contributed by atoms with van der Waals surface area (Å²) in [4.78, 5) is 17.4. The smallest absolute Gasteiger partial charge is 0.399 e. The fourth-order valence-electron chi connectivity index (χ4n) is 4.89. The van der Waals surface area contributed by atoms with Gasteiger partial charge in [-0.25, -0.2) is 4.98 Å². The summed E-state index contributed by atoms with van der Waals surface area (Å²) in [7, 11) is 1.40. The SMILES string of the molecule is Cn1cc(-c2cnc(N)c(C(=O)N[C@H]3C[C@H](O)C[C@@H]3OCc3ccc(B4OC(C)(C)C(C)(C)O4)cc3)c2)cn1. The molecule has 5 rings (SSSR count). The van der Waals surface area contributed by atoms with Gasteiger partial charge in [0.25, 0.3) is 5.91 Å². The monoisotopic (exact) mass is 533 g/mol. The van der Waals surface area contributed by atoms with E-state index in [0.29, 0.717) is 19.4 Å². The maximum absolute atomic E-state index is 13.2. The van der Waals surface area contributed by atoms with Crippen molar-refractivity contribution in [1.29, 1.82) is 0 Å². The van der Waals surface area contributed by atoms with Crippen LogP contribution in [0.1, 0.15) is 56.5 Å². The van der Waals surface area contributed by atoms with E-state index in [0.717, 1.165) is 22.2 Å². The number of amides is 1. The maximum atomic E-state index is 13.2. The Labute approximate surface area is 229 Å². The Morgan fingerprint density at radius 1 is 1.15 bits per heavy atom. The summed E-state index contributed by atoms with van der Waals surface area (Å²) in [5.74, 6) is -0.219. The number of nitrogens with one attached hydrogen (secondary N) is 1. The molecule has 39 heavy (non-hydrogen) atoms. The Balaban J connectivity index is 1.21. The number of ether oxygens (including phenoxy) is 1. The molecule has 11 heteroatoms. The molecule has 1 amide bonds. The molecule has 1 saturated carbocycles. The zero-order valence-electron chi connectivity index (χ0n) is 23.0. The lowest BCUT2D eigenvalue weighted by molar-refractivity contribution is 0.00578. The van der Waals surface area contributed by atoms with Crippen LogP contribution < -0.4 is 16.5 Å². The number of aryl methyl sites for hydroxylation is 1. The second-order valence-corrected chi connectivity index (χ2v) is 11.4. The highest BCUT2D eigenvalue weighted by Crippen LogP contribution is 2.36. The van der Waals surface area contributed by atoms with E-state index < -0.39 is 24.4 Å². The molecule has 0 radical (unpaired) electrons. The van der Waals surface area contributed by atoms with Crippen molar-refractivity contribution in [2.45, 2.75) is 76.6 Å². The number of anilines is 1. The lowest BCUT2D eigenvalue weighted by Crippen LogP contribution is -2.41. The molecule has 1 aliphatic carbocycles. The Bertz CT molecular complexity index is 1330. The van der Waals surface area contributed by atoms with E-state index in [-0.39, 0.29) is 29.4 Å². The third-order valence-electron chi connectivity index (χ3n) is 7.97. The molecule has 3 atom stereocenters. The highest BCUT2D eigenvalue weighted by Gasteiger charge is 2.51. The van der Waals surface area contributed by atoms with E-state index in [1.54, 1.807) is 23.1 Å². The van der Waals surface area contributed by atoms with Gasteiger partial charge in [0, 0.05) is 37.0 Å². The van der Waals surface area contributed by atoms with Gasteiger partial charge in [-0.2, -0.15) is 5.10 Å². The molecule has 2 fully saturated rings. The zero-order chi connectivity index (χ0) is 27.9. The van der Waals surface area contributed by atoms with Crippen molar-refractivity contribution >= 4 is 24.3 Å². The van der Waals surface area contributed by atoms with Crippen molar-refractivity contribution in [1.82, 2.24) is 20.1 Å². The maximum Gasteiger partial charge on any atom is 0.494 e. The summed E-state index contributed by atoms with van der Waals surface area (Å²) in [5.41, 5.74) is 9.00. The number of carbonyl (C=O) groups is 1. The Hall–Kier alpha value is -3.25. The fourth-order valence-corrected chi connectivity index (χ4v) is 4.89. The molecule has 0 spiro atoms. The number of pyridine rings is 1. The number of rotatable bonds is 7. The molecular formula is C28H36BN5O5. The van der Waals surface area contributed by atoms with Crippen LogP contribution in [0, 0.1) is 0 Å². The molecule has 1 aromatic carbocycles. The Morgan fingerprint density at radius 3 is 2.49 bits per heavy atom. The van der Waals surface area contributed by atoms with E-state index in [2.05, 4.69) is 15.4 Å². The van der Waals surface area contributed by atoms with E-state index in [4.69, 9.17) is 19.8 Å². The minimum atomic E-state index is -0.566. The average molecular weight is 533 g/mol. The van der Waals surface area contributed by atoms with E-state index >= 15 is 0 Å². The highest BCUT2D eigenvalue weighted by atomic mass is 16.7. The van der Waals surface area contributed by atoms with Crippen LogP contribution in [-0.2, 0) is 27.7 Å². The molecule has 10 nitrogen and oxygen atoms in total. The quantitative estimate of drug-likeness (QED) is 0.394. The molecule has 2 aromatic heterocycles. The van der Waals surface area contributed by atoms with Crippen molar-refractivity contribution in [2.75, 3.05) is 5.73 Å². The Morgan fingerprint density at radius 2 is 1.85 bits per heavy atom. The first kappa shape index (κ1) is 27.3. The van der Waals surface area contributed by atoms with Crippen LogP contribution in [0.15, 0.2) is 48.9 Å². The first-order valence-corrected chi connectivity index (χ1v) is 13.2. The number of carbonyl (C=O) groups excluding carboxylic acids is 1. The predicted octanol–water partition coefficient (Wildman–Crippen LogP) is 2.20. The zero-order valence-corrected chi connectivity index (χ0v) is 23.0. The molecule has 4 N–H and O–H groups in total. The summed E-state index contributed by atoms with van der Waals surface area (Å²) in [6, 6.07) is 9.27. The minimum absolute atomic E-state index is 0.137. The third kappa shape index (κ3) is 5.72. The van der Waals surface area contributed by atoms with Crippen molar-refractivity contribution in [3.05, 3.63) is 60.0 Å². The van der Waals surface area contributed by atoms with Crippen molar-refractivity contribution in [2.24, 2.45) is 7.05 Å². The third-order valence-corrected chi connectivity index (χ3v) is 7.97. The van der Waals surface area contributed by atoms with Crippen LogP contribution in [0.4, 0.5) is 5.82 Å². The summed E-state index contributed by atoms with van der Waals surface area (Å²) >= 11 is 0. The summed E-state index contributed by atoms with van der Waals surface area (Å²) < 4.78 is 20.1. The van der Waals surface area contributed by atoms with Gasteiger partial charge in [0.05, 0.1) is 47.8 Å². The van der Waals surface area contributed by atoms with E-state index in [9.17, 15) is 9.90 Å². The molecule has 206 valence electrons. The van der Waals surface area contributed by atoms with Crippen molar-refractivity contribution < 1.29 is 23.9 Å². The number of aliphatic hydroxyl groups excluding tert-OH is 1. The number of nitrogens with two attached hydrogens (primary N) is 1. The fraction of sp³-hybridized carbons (Fsp3) is 0.464. The van der Waals surface area contributed by atoms with Crippen molar-refractivity contribution in [3.63, 3.8) is 0 Å². The number of benzene rings is 1. The van der Waals surface area contributed by atoms with Gasteiger partial charge in [0.1, 0.15) is 5.82 Å². The lowest BCUT2D eigenvalue weighted by Gasteiger charge is -2.32. The Kier molecular flexibility index (Phi) is 7.28. The van der Waals surface area contributed by atoms with Gasteiger partial charge in [-0.1, -0.05) is 24.3 Å². The predicted molar refractivity (Wildman–Crippen MR) is 148 cm³/mol. The van der Waals surface area contributed by atoms with E-state index in [1.165, 1.54) is 0 Å². The second kappa shape index (κ2) is 10.4. The van der Waals surface area contributed by atoms with Gasteiger partial charge in [-0.3, -0.25) is 9.48 Å². The van der Waals surface area contributed by atoms with Crippen LogP contribution in [0.5, 0.6) is 0 Å². The van der Waals surface area contributed by atoms with Crippen LogP contribution in [0.3, 0.4) is 0 Å². The number of nitrogen functional groups attached to an aromatic ring is 1. The number of nitrogens with zero attached hydrogens (tertiary/aromatic N) is 3. The summed E-state index contributed by atoms with van der Waals surface area (Å²) in [6.07, 6.45) is 5.08. The highest BCUT2D eigenvalue weighted by molar-refractivity contribution is 6.62. The number of hydrogen-bond donors (Lipinski definition) is 3. The number of aliphatic hydroxyl groups is 1. The normalized spacial score (nSPS) is 23.7. The van der Waals surface area contributed by atoms with Gasteiger partial charge < -0.3 is 30.2 Å². The van der Waals surface area contributed by atoms with Gasteiger partial charge in [0.2, 0.25) is 0 Å². The molecular weight excluding hydrogens is 497 g/mol. The number of hydrogen-bond acceptors (Lipinski definition) is 8. The molecule has 0 bridgehead atoms. The van der Waals surface area contributed by atoms with Gasteiger partial charge in [-0.05, 0) is 51.2 Å². The molecule has 3 heterocycles. The molecule has 3 aromatic rings. The molecule has 1 saturated heterocycles. The van der Waals surface area contributed by atoms with Crippen LogP contribution in [0.25, 0.3) is 11.1 Å². The second-order valence-electron chi connectivity index (χ2n) is 11.4. The van der Waals surface area contributed by atoms with Gasteiger partial charge in [0.15, 0.2) is 0 Å². The van der Waals surface area contributed by atoms with Gasteiger partial charge >= 0.3 is 7.12 Å².